The van der Waals surface area contributed by atoms with Crippen LogP contribution in [-0.4, -0.2) is 38.1 Å². The van der Waals surface area contributed by atoms with E-state index in [-0.39, 0.29) is 24.3 Å². The predicted octanol–water partition coefficient (Wildman–Crippen LogP) is 6.40. The van der Waals surface area contributed by atoms with Crippen LogP contribution in [0.3, 0.4) is 0 Å². The van der Waals surface area contributed by atoms with Gasteiger partial charge in [-0.3, -0.25) is 4.79 Å². The molecule has 9 nitrogen and oxygen atoms in total. The van der Waals surface area contributed by atoms with E-state index in [9.17, 15) is 9.18 Å². The van der Waals surface area contributed by atoms with E-state index < -0.39 is 5.82 Å². The van der Waals surface area contributed by atoms with Gasteiger partial charge in [-0.05, 0) is 70.8 Å². The molecule has 12 heteroatoms. The first-order valence-electron chi connectivity index (χ1n) is 13.0. The number of halogens is 2. The molecule has 0 saturated carbocycles. The largest absolute Gasteiger partial charge is 0.481 e. The van der Waals surface area contributed by atoms with Crippen LogP contribution in [0.25, 0.3) is 22.5 Å². The van der Waals surface area contributed by atoms with E-state index in [2.05, 4.69) is 42.8 Å². The Kier molecular flexibility index (Phi) is 9.23. The average molecular weight is 674 g/mol. The van der Waals surface area contributed by atoms with Crippen LogP contribution in [-0.2, 0) is 22.7 Å². The number of ether oxygens (including phenoxy) is 2. The molecule has 1 atom stereocenters. The summed E-state index contributed by atoms with van der Waals surface area (Å²) in [5.74, 6) is 0.143. The molecule has 1 aliphatic heterocycles. The van der Waals surface area contributed by atoms with Gasteiger partial charge in [-0.25, -0.2) is 18.8 Å². The number of nitrogens with one attached hydrogen (secondary N) is 2. The fourth-order valence-electron chi connectivity index (χ4n) is 4.34. The number of fused-ring (bicyclic) bond motifs is 1. The van der Waals surface area contributed by atoms with Crippen molar-refractivity contribution >= 4 is 45.8 Å². The number of carbonyl (C=O) groups is 1. The zero-order chi connectivity index (χ0) is 28.1. The van der Waals surface area contributed by atoms with Crippen molar-refractivity contribution in [2.75, 3.05) is 11.9 Å². The van der Waals surface area contributed by atoms with Crippen LogP contribution in [0.2, 0.25) is 0 Å². The Morgan fingerprint density at radius 1 is 1.12 bits per heavy atom. The molecular weight excluding hydrogens is 645 g/mol. The molecule has 0 radical (unpaired) electrons. The third kappa shape index (κ3) is 6.59. The van der Waals surface area contributed by atoms with Crippen LogP contribution < -0.4 is 15.4 Å². The second-order valence-electron chi connectivity index (χ2n) is 9.29. The summed E-state index contributed by atoms with van der Waals surface area (Å²) in [5, 5.41) is 10.6. The normalized spacial score (nSPS) is 12.7. The molecule has 208 valence electrons. The minimum atomic E-state index is -0.563. The Morgan fingerprint density at radius 2 is 1.90 bits per heavy atom. The second kappa shape index (κ2) is 13.0. The van der Waals surface area contributed by atoms with Gasteiger partial charge in [0.05, 0.1) is 31.5 Å². The number of aromatic nitrogens is 4. The Hall–Kier alpha value is -3.15. The van der Waals surface area contributed by atoms with E-state index >= 15 is 0 Å². The maximum Gasteiger partial charge on any atom is 0.258 e. The summed E-state index contributed by atoms with van der Waals surface area (Å²) >= 11 is 2.30. The number of carbonyl (C=O) groups excluding carboxylic acids is 1. The van der Waals surface area contributed by atoms with Gasteiger partial charge in [0.25, 0.3) is 5.91 Å². The molecule has 0 fully saturated rings. The maximum absolute atomic E-state index is 14.6. The van der Waals surface area contributed by atoms with Crippen LogP contribution in [0.15, 0.2) is 54.9 Å². The van der Waals surface area contributed by atoms with E-state index in [4.69, 9.17) is 14.5 Å². The SMILES string of the molecule is CCC(CC)NC(=O)COc1cc(-c2nc3c(c(Nc4ccc(-c5cnn(PI)c5)cc4)n2)COC3)ccc1F. The highest BCUT2D eigenvalue weighted by molar-refractivity contribution is 14.2. The first kappa shape index (κ1) is 28.4. The summed E-state index contributed by atoms with van der Waals surface area (Å²) < 4.78 is 27.7. The minimum Gasteiger partial charge on any atom is -0.481 e. The molecule has 1 aliphatic rings. The molecule has 0 bridgehead atoms. The van der Waals surface area contributed by atoms with Crippen molar-refractivity contribution in [1.29, 1.82) is 0 Å². The minimum absolute atomic E-state index is 0.0333. The van der Waals surface area contributed by atoms with Gasteiger partial charge in [0, 0.05) is 34.6 Å². The molecule has 1 unspecified atom stereocenters. The lowest BCUT2D eigenvalue weighted by Crippen LogP contribution is -2.37. The van der Waals surface area contributed by atoms with Gasteiger partial charge in [-0.1, -0.05) is 26.0 Å². The molecule has 2 N–H and O–H groups in total. The first-order chi connectivity index (χ1) is 19.5. The third-order valence-electron chi connectivity index (χ3n) is 6.63. The quantitative estimate of drug-likeness (QED) is 0.140. The van der Waals surface area contributed by atoms with Gasteiger partial charge >= 0.3 is 0 Å². The van der Waals surface area contributed by atoms with Crippen molar-refractivity contribution in [3.63, 3.8) is 0 Å². The number of hydrogen-bond acceptors (Lipinski definition) is 7. The van der Waals surface area contributed by atoms with Crippen molar-refractivity contribution in [2.45, 2.75) is 45.9 Å². The fourth-order valence-corrected chi connectivity index (χ4v) is 5.42. The third-order valence-corrected chi connectivity index (χ3v) is 8.53. The highest BCUT2D eigenvalue weighted by atomic mass is 127. The zero-order valence-corrected chi connectivity index (χ0v) is 25.2. The average Bonchev–Trinajstić information content (AvgIpc) is 3.66. The highest BCUT2D eigenvalue weighted by Crippen LogP contribution is 2.33. The smallest absolute Gasteiger partial charge is 0.258 e. The first-order valence-corrected chi connectivity index (χ1v) is 17.0. The molecular formula is C28H29FIN6O3P. The standard InChI is InChI=1S/C28H29FIN6O3P/c1-3-20(4-2)32-26(37)16-39-25-11-18(7-10-23(25)29)27-34-24-15-38-14-22(24)28(35-27)33-21-8-5-17(6-9-21)19-12-31-36(13-19)40-30/h5-13,20,40H,3-4,14-16H2,1-2H3,(H,32,37)(H,33,34,35). The van der Waals surface area contributed by atoms with E-state index in [0.717, 1.165) is 40.9 Å². The Morgan fingerprint density at radius 3 is 2.62 bits per heavy atom. The molecule has 2 aromatic heterocycles. The maximum atomic E-state index is 14.6. The lowest BCUT2D eigenvalue weighted by atomic mass is 10.1. The zero-order valence-electron chi connectivity index (χ0n) is 22.1. The van der Waals surface area contributed by atoms with E-state index in [1.165, 1.54) is 12.1 Å². The number of benzene rings is 2. The molecule has 0 aliphatic carbocycles. The highest BCUT2D eigenvalue weighted by Gasteiger charge is 2.22. The van der Waals surface area contributed by atoms with Crippen LogP contribution in [0.1, 0.15) is 37.9 Å². The summed E-state index contributed by atoms with van der Waals surface area (Å²) in [6.07, 6.45) is 6.06. The number of amides is 1. The second-order valence-corrected chi connectivity index (χ2v) is 11.4. The Bertz CT molecular complexity index is 1500. The monoisotopic (exact) mass is 674 g/mol. The summed E-state index contributed by atoms with van der Waals surface area (Å²) in [7, 11) is 0. The lowest BCUT2D eigenvalue weighted by molar-refractivity contribution is -0.123. The molecule has 40 heavy (non-hydrogen) atoms. The number of anilines is 2. The number of nitrogens with zero attached hydrogens (tertiary/aromatic N) is 4. The summed E-state index contributed by atoms with van der Waals surface area (Å²) in [6, 6.07) is 12.5. The molecule has 4 aromatic rings. The van der Waals surface area contributed by atoms with E-state index in [1.807, 2.05) is 55.0 Å². The Labute approximate surface area is 246 Å². The van der Waals surface area contributed by atoms with Gasteiger partial charge in [-0.15, -0.1) is 0 Å². The lowest BCUT2D eigenvalue weighted by Gasteiger charge is -2.15. The van der Waals surface area contributed by atoms with Gasteiger partial charge in [0.15, 0.2) is 24.0 Å². The van der Waals surface area contributed by atoms with Gasteiger partial charge in [0.2, 0.25) is 0 Å². The molecule has 5 rings (SSSR count). The molecule has 0 spiro atoms. The molecule has 2 aromatic carbocycles. The van der Waals surface area contributed by atoms with E-state index in [0.29, 0.717) is 36.8 Å². The van der Waals surface area contributed by atoms with Crippen LogP contribution in [0.4, 0.5) is 15.9 Å². The van der Waals surface area contributed by atoms with Crippen molar-refractivity contribution < 1.29 is 18.7 Å². The van der Waals surface area contributed by atoms with Crippen molar-refractivity contribution in [2.24, 2.45) is 0 Å². The molecule has 0 saturated heterocycles. The van der Waals surface area contributed by atoms with Crippen molar-refractivity contribution in [3.05, 3.63) is 71.9 Å². The molecule has 1 amide bonds. The summed E-state index contributed by atoms with van der Waals surface area (Å²) in [5.41, 5.74) is 5.20. The van der Waals surface area contributed by atoms with Crippen molar-refractivity contribution in [1.82, 2.24) is 24.8 Å². The van der Waals surface area contributed by atoms with Crippen LogP contribution in [0, 0.1) is 5.82 Å². The van der Waals surface area contributed by atoms with Crippen LogP contribution in [0.5, 0.6) is 5.75 Å². The van der Waals surface area contributed by atoms with Crippen molar-refractivity contribution in [3.8, 4) is 28.3 Å². The van der Waals surface area contributed by atoms with Gasteiger partial charge in [0.1, 0.15) is 5.82 Å². The van der Waals surface area contributed by atoms with Gasteiger partial charge in [-0.2, -0.15) is 5.10 Å². The number of hydrogen-bond donors (Lipinski definition) is 2. The summed E-state index contributed by atoms with van der Waals surface area (Å²) in [6.45, 7) is 4.48. The summed E-state index contributed by atoms with van der Waals surface area (Å²) in [4.78, 5) is 21.7. The Balaban J connectivity index is 1.35. The topological polar surface area (TPSA) is 103 Å². The predicted molar refractivity (Wildman–Crippen MR) is 163 cm³/mol. The van der Waals surface area contributed by atoms with E-state index in [1.54, 1.807) is 6.07 Å². The fraction of sp³-hybridized carbons (Fsp3) is 0.286. The van der Waals surface area contributed by atoms with Crippen LogP contribution >= 0.6 is 28.4 Å². The van der Waals surface area contributed by atoms with Gasteiger partial charge < -0.3 is 20.1 Å². The number of rotatable bonds is 11. The molecule has 3 heterocycles.